The van der Waals surface area contributed by atoms with E-state index in [1.807, 2.05) is 43.3 Å². The van der Waals surface area contributed by atoms with Gasteiger partial charge in [-0.3, -0.25) is 4.79 Å². The zero-order valence-electron chi connectivity index (χ0n) is 14.9. The molecule has 0 aliphatic heterocycles. The second-order valence-corrected chi connectivity index (χ2v) is 5.89. The Morgan fingerprint density at radius 3 is 2.19 bits per heavy atom. The van der Waals surface area contributed by atoms with Crippen molar-refractivity contribution in [3.63, 3.8) is 0 Å². The van der Waals surface area contributed by atoms with Crippen molar-refractivity contribution in [1.29, 1.82) is 5.26 Å². The molecular formula is C20H18N6O. The van der Waals surface area contributed by atoms with Crippen molar-refractivity contribution in [3.8, 4) is 6.07 Å². The highest BCUT2D eigenvalue weighted by molar-refractivity contribution is 5.89. The van der Waals surface area contributed by atoms with Crippen molar-refractivity contribution >= 4 is 34.6 Å². The summed E-state index contributed by atoms with van der Waals surface area (Å²) < 4.78 is 0. The Labute approximate surface area is 157 Å². The van der Waals surface area contributed by atoms with Gasteiger partial charge in [0.25, 0.3) is 0 Å². The van der Waals surface area contributed by atoms with Crippen LogP contribution in [0.1, 0.15) is 18.3 Å². The van der Waals surface area contributed by atoms with E-state index in [1.165, 1.54) is 6.92 Å². The first-order valence-electron chi connectivity index (χ1n) is 8.29. The lowest BCUT2D eigenvalue weighted by Crippen LogP contribution is -2.06. The number of carbonyl (C=O) groups excluding carboxylic acids is 1. The zero-order chi connectivity index (χ0) is 19.2. The van der Waals surface area contributed by atoms with E-state index in [4.69, 9.17) is 5.26 Å². The summed E-state index contributed by atoms with van der Waals surface area (Å²) in [6.45, 7) is 3.28. The van der Waals surface area contributed by atoms with Crippen LogP contribution in [0, 0.1) is 18.3 Å². The van der Waals surface area contributed by atoms with Crippen LogP contribution >= 0.6 is 0 Å². The van der Waals surface area contributed by atoms with E-state index in [2.05, 4.69) is 32.0 Å². The Kier molecular flexibility index (Phi) is 5.28. The molecular weight excluding hydrogens is 340 g/mol. The van der Waals surface area contributed by atoms with Crippen LogP contribution in [0.25, 0.3) is 0 Å². The largest absolute Gasteiger partial charge is 0.340 e. The fraction of sp³-hybridized carbons (Fsp3) is 0.100. The summed E-state index contributed by atoms with van der Waals surface area (Å²) in [5.41, 5.74) is 2.92. The maximum atomic E-state index is 11.2. The van der Waals surface area contributed by atoms with Crippen LogP contribution in [0.15, 0.2) is 54.6 Å². The summed E-state index contributed by atoms with van der Waals surface area (Å²) in [5.74, 6) is 1.74. The van der Waals surface area contributed by atoms with E-state index >= 15 is 0 Å². The average Bonchev–Trinajstić information content (AvgIpc) is 2.61. The van der Waals surface area contributed by atoms with Crippen LogP contribution in [0.5, 0.6) is 0 Å². The second kappa shape index (κ2) is 7.97. The summed E-state index contributed by atoms with van der Waals surface area (Å²) in [6, 6.07) is 18.4. The molecule has 27 heavy (non-hydrogen) atoms. The lowest BCUT2D eigenvalue weighted by atomic mass is 10.2. The van der Waals surface area contributed by atoms with Crippen molar-refractivity contribution < 1.29 is 4.79 Å². The summed E-state index contributed by atoms with van der Waals surface area (Å²) >= 11 is 0. The third-order valence-electron chi connectivity index (χ3n) is 3.58. The highest BCUT2D eigenvalue weighted by Crippen LogP contribution is 2.22. The minimum atomic E-state index is -0.126. The number of amides is 1. The van der Waals surface area contributed by atoms with Gasteiger partial charge < -0.3 is 16.0 Å². The van der Waals surface area contributed by atoms with Crippen LogP contribution in [0.2, 0.25) is 0 Å². The van der Waals surface area contributed by atoms with Crippen LogP contribution in [-0.4, -0.2) is 15.9 Å². The SMILES string of the molecule is CC(=O)Nc1cccc(Nc2cc(Nc3ccc(C#N)cc3)nc(C)n2)c1. The number of carbonyl (C=O) groups is 1. The second-order valence-electron chi connectivity index (χ2n) is 5.89. The molecule has 7 nitrogen and oxygen atoms in total. The van der Waals surface area contributed by atoms with Crippen LogP contribution in [0.4, 0.5) is 28.7 Å². The number of hydrogen-bond donors (Lipinski definition) is 3. The fourth-order valence-electron chi connectivity index (χ4n) is 2.50. The number of rotatable bonds is 5. The number of nitriles is 1. The molecule has 3 aromatic rings. The van der Waals surface area contributed by atoms with E-state index in [9.17, 15) is 4.79 Å². The predicted molar refractivity (Wildman–Crippen MR) is 105 cm³/mol. The van der Waals surface area contributed by atoms with Gasteiger partial charge in [-0.05, 0) is 49.4 Å². The molecule has 3 N–H and O–H groups in total. The summed E-state index contributed by atoms with van der Waals surface area (Å²) in [6.07, 6.45) is 0. The van der Waals surface area contributed by atoms with Gasteiger partial charge in [0.1, 0.15) is 17.5 Å². The van der Waals surface area contributed by atoms with Crippen LogP contribution in [-0.2, 0) is 4.79 Å². The molecule has 3 rings (SSSR count). The van der Waals surface area contributed by atoms with Gasteiger partial charge in [0, 0.05) is 30.1 Å². The molecule has 0 aliphatic carbocycles. The molecule has 0 atom stereocenters. The standard InChI is InChI=1S/C20H18N6O/c1-13-22-19(25-16-8-6-15(12-21)7-9-16)11-20(23-13)26-18-5-3-4-17(10-18)24-14(2)27/h3-11H,1-2H3,(H,24,27)(H2,22,23,25,26). The minimum Gasteiger partial charge on any atom is -0.340 e. The van der Waals surface area contributed by atoms with Crippen molar-refractivity contribution in [2.24, 2.45) is 0 Å². The number of hydrogen-bond acceptors (Lipinski definition) is 6. The molecule has 1 amide bonds. The van der Waals surface area contributed by atoms with E-state index in [0.29, 0.717) is 28.7 Å². The molecule has 0 fully saturated rings. The van der Waals surface area contributed by atoms with Crippen molar-refractivity contribution in [2.45, 2.75) is 13.8 Å². The molecule has 134 valence electrons. The maximum Gasteiger partial charge on any atom is 0.221 e. The lowest BCUT2D eigenvalue weighted by molar-refractivity contribution is -0.114. The van der Waals surface area contributed by atoms with Crippen molar-refractivity contribution in [1.82, 2.24) is 9.97 Å². The Balaban J connectivity index is 1.79. The monoisotopic (exact) mass is 358 g/mol. The predicted octanol–water partition coefficient (Wildman–Crippen LogP) is 4.10. The van der Waals surface area contributed by atoms with Crippen LogP contribution < -0.4 is 16.0 Å². The Hall–Kier alpha value is -3.92. The highest BCUT2D eigenvalue weighted by atomic mass is 16.1. The molecule has 0 saturated carbocycles. The molecule has 1 aromatic heterocycles. The Morgan fingerprint density at radius 2 is 1.56 bits per heavy atom. The van der Waals surface area contributed by atoms with E-state index in [1.54, 1.807) is 18.2 Å². The third kappa shape index (κ3) is 5.03. The first kappa shape index (κ1) is 17.9. The minimum absolute atomic E-state index is 0.126. The molecule has 0 radical (unpaired) electrons. The molecule has 0 aliphatic rings. The summed E-state index contributed by atoms with van der Waals surface area (Å²) in [5, 5.41) is 18.0. The molecule has 0 bridgehead atoms. The topological polar surface area (TPSA) is 103 Å². The quantitative estimate of drug-likeness (QED) is 0.634. The van der Waals surface area contributed by atoms with Gasteiger partial charge in [-0.2, -0.15) is 5.26 Å². The van der Waals surface area contributed by atoms with E-state index in [0.717, 1.165) is 11.4 Å². The van der Waals surface area contributed by atoms with Gasteiger partial charge in [-0.25, -0.2) is 9.97 Å². The summed E-state index contributed by atoms with van der Waals surface area (Å²) in [4.78, 5) is 20.0. The maximum absolute atomic E-state index is 11.2. The lowest BCUT2D eigenvalue weighted by Gasteiger charge is -2.11. The summed E-state index contributed by atoms with van der Waals surface area (Å²) in [7, 11) is 0. The van der Waals surface area contributed by atoms with Gasteiger partial charge in [-0.1, -0.05) is 6.07 Å². The first-order valence-corrected chi connectivity index (χ1v) is 8.29. The first-order chi connectivity index (χ1) is 13.0. The normalized spacial score (nSPS) is 9.96. The Bertz CT molecular complexity index is 1010. The number of benzene rings is 2. The fourth-order valence-corrected chi connectivity index (χ4v) is 2.50. The van der Waals surface area contributed by atoms with Crippen LogP contribution in [0.3, 0.4) is 0 Å². The van der Waals surface area contributed by atoms with E-state index < -0.39 is 0 Å². The Morgan fingerprint density at radius 1 is 0.926 bits per heavy atom. The number of aryl methyl sites for hydroxylation is 1. The molecule has 2 aromatic carbocycles. The number of nitrogens with one attached hydrogen (secondary N) is 3. The number of anilines is 5. The molecule has 0 unspecified atom stereocenters. The van der Waals surface area contributed by atoms with Crippen molar-refractivity contribution in [2.75, 3.05) is 16.0 Å². The third-order valence-corrected chi connectivity index (χ3v) is 3.58. The molecule has 0 saturated heterocycles. The van der Waals surface area contributed by atoms with Gasteiger partial charge in [0.2, 0.25) is 5.91 Å². The van der Waals surface area contributed by atoms with Crippen molar-refractivity contribution in [3.05, 3.63) is 66.0 Å². The van der Waals surface area contributed by atoms with E-state index in [-0.39, 0.29) is 5.91 Å². The zero-order valence-corrected chi connectivity index (χ0v) is 14.9. The average molecular weight is 358 g/mol. The van der Waals surface area contributed by atoms with Gasteiger partial charge >= 0.3 is 0 Å². The van der Waals surface area contributed by atoms with Gasteiger partial charge in [-0.15, -0.1) is 0 Å². The molecule has 0 spiro atoms. The number of nitrogens with zero attached hydrogens (tertiary/aromatic N) is 3. The number of aromatic nitrogens is 2. The van der Waals surface area contributed by atoms with Gasteiger partial charge in [0.15, 0.2) is 0 Å². The highest BCUT2D eigenvalue weighted by Gasteiger charge is 2.05. The molecule has 7 heteroatoms. The molecule has 1 heterocycles. The smallest absolute Gasteiger partial charge is 0.221 e. The van der Waals surface area contributed by atoms with Gasteiger partial charge in [0.05, 0.1) is 11.6 Å².